The van der Waals surface area contributed by atoms with Crippen molar-refractivity contribution in [3.05, 3.63) is 54.1 Å². The van der Waals surface area contributed by atoms with Gasteiger partial charge in [0, 0.05) is 5.56 Å². The summed E-state index contributed by atoms with van der Waals surface area (Å²) in [6, 6.07) is 15.1. The number of aromatic nitrogens is 4. The van der Waals surface area contributed by atoms with Gasteiger partial charge in [-0.25, -0.2) is 0 Å². The van der Waals surface area contributed by atoms with Crippen molar-refractivity contribution in [2.75, 3.05) is 13.2 Å². The van der Waals surface area contributed by atoms with E-state index in [0.29, 0.717) is 30.5 Å². The molecule has 0 aliphatic carbocycles. The summed E-state index contributed by atoms with van der Waals surface area (Å²) < 4.78 is 11.2. The molecule has 0 fully saturated rings. The number of ether oxygens (including phenoxy) is 2. The molecule has 0 radical (unpaired) electrons. The molecule has 0 spiro atoms. The van der Waals surface area contributed by atoms with Crippen molar-refractivity contribution in [2.45, 2.75) is 33.4 Å². The summed E-state index contributed by atoms with van der Waals surface area (Å²) in [5, 5.41) is 15.3. The summed E-state index contributed by atoms with van der Waals surface area (Å²) >= 11 is 0. The van der Waals surface area contributed by atoms with Gasteiger partial charge in [0.15, 0.2) is 11.5 Å². The number of nitrogens with one attached hydrogen (secondary N) is 1. The standard InChI is InChI=1S/C21H25N5O3/c1-4-28-18-12-11-17(13-19(18)29-5-2)21-23-25-26(24-21)14-20(27)22-15(3)16-9-7-6-8-10-16/h6-13,15H,4-5,14H2,1-3H3,(H,22,27)/t15-/m1/s1. The lowest BCUT2D eigenvalue weighted by Gasteiger charge is -2.13. The van der Waals surface area contributed by atoms with Crippen LogP contribution >= 0.6 is 0 Å². The molecule has 1 atom stereocenters. The fourth-order valence-corrected chi connectivity index (χ4v) is 2.86. The van der Waals surface area contributed by atoms with Crippen molar-refractivity contribution in [3.63, 3.8) is 0 Å². The van der Waals surface area contributed by atoms with Crippen LogP contribution < -0.4 is 14.8 Å². The van der Waals surface area contributed by atoms with Crippen LogP contribution in [0, 0.1) is 0 Å². The second-order valence-electron chi connectivity index (χ2n) is 6.37. The fraction of sp³-hybridized carbons (Fsp3) is 0.333. The van der Waals surface area contributed by atoms with Crippen LogP contribution in [0.5, 0.6) is 11.5 Å². The van der Waals surface area contributed by atoms with E-state index in [1.54, 1.807) is 0 Å². The van der Waals surface area contributed by atoms with Crippen LogP contribution in [0.2, 0.25) is 0 Å². The van der Waals surface area contributed by atoms with Gasteiger partial charge in [-0.05, 0) is 49.7 Å². The van der Waals surface area contributed by atoms with Gasteiger partial charge in [-0.15, -0.1) is 10.2 Å². The lowest BCUT2D eigenvalue weighted by molar-refractivity contribution is -0.122. The molecule has 0 saturated heterocycles. The van der Waals surface area contributed by atoms with Crippen molar-refractivity contribution in [1.82, 2.24) is 25.5 Å². The molecule has 29 heavy (non-hydrogen) atoms. The van der Waals surface area contributed by atoms with Crippen molar-refractivity contribution in [2.24, 2.45) is 0 Å². The normalized spacial score (nSPS) is 11.7. The Bertz CT molecular complexity index is 942. The van der Waals surface area contributed by atoms with Crippen LogP contribution in [0.1, 0.15) is 32.4 Å². The minimum Gasteiger partial charge on any atom is -0.490 e. The first-order valence-electron chi connectivity index (χ1n) is 9.62. The predicted octanol–water partition coefficient (Wildman–Crippen LogP) is 3.01. The Morgan fingerprint density at radius 3 is 2.52 bits per heavy atom. The first-order valence-corrected chi connectivity index (χ1v) is 9.62. The zero-order chi connectivity index (χ0) is 20.6. The van der Waals surface area contributed by atoms with Gasteiger partial charge in [0.25, 0.3) is 0 Å². The molecule has 0 unspecified atom stereocenters. The van der Waals surface area contributed by atoms with E-state index in [4.69, 9.17) is 9.47 Å². The molecule has 1 N–H and O–H groups in total. The molecule has 0 saturated carbocycles. The summed E-state index contributed by atoms with van der Waals surface area (Å²) in [6.07, 6.45) is 0. The lowest BCUT2D eigenvalue weighted by atomic mass is 10.1. The molecule has 152 valence electrons. The molecule has 1 amide bonds. The largest absolute Gasteiger partial charge is 0.490 e. The van der Waals surface area contributed by atoms with Gasteiger partial charge < -0.3 is 14.8 Å². The van der Waals surface area contributed by atoms with Crippen molar-refractivity contribution in [3.8, 4) is 22.9 Å². The summed E-state index contributed by atoms with van der Waals surface area (Å²) in [5.41, 5.74) is 1.77. The van der Waals surface area contributed by atoms with E-state index >= 15 is 0 Å². The molecule has 8 heteroatoms. The van der Waals surface area contributed by atoms with Gasteiger partial charge in [-0.1, -0.05) is 30.3 Å². The average molecular weight is 395 g/mol. The van der Waals surface area contributed by atoms with Gasteiger partial charge in [0.1, 0.15) is 6.54 Å². The molecule has 3 aromatic rings. The number of benzene rings is 2. The first-order chi connectivity index (χ1) is 14.1. The molecule has 0 bridgehead atoms. The third-order valence-corrected chi connectivity index (χ3v) is 4.22. The number of hydrogen-bond donors (Lipinski definition) is 1. The maximum Gasteiger partial charge on any atom is 0.244 e. The van der Waals surface area contributed by atoms with Gasteiger partial charge in [0.05, 0.1) is 19.3 Å². The second kappa shape index (κ2) is 9.68. The molecular formula is C21H25N5O3. The van der Waals surface area contributed by atoms with Crippen molar-refractivity contribution < 1.29 is 14.3 Å². The molecule has 0 aliphatic rings. The van der Waals surface area contributed by atoms with Gasteiger partial charge >= 0.3 is 0 Å². The van der Waals surface area contributed by atoms with E-state index in [-0.39, 0.29) is 18.5 Å². The summed E-state index contributed by atoms with van der Waals surface area (Å²) in [6.45, 7) is 6.81. The number of rotatable bonds is 9. The van der Waals surface area contributed by atoms with Crippen LogP contribution in [0.4, 0.5) is 0 Å². The quantitative estimate of drug-likeness (QED) is 0.599. The van der Waals surface area contributed by atoms with Gasteiger partial charge in [-0.3, -0.25) is 4.79 Å². The molecule has 2 aromatic carbocycles. The number of carbonyl (C=O) groups is 1. The topological polar surface area (TPSA) is 91.2 Å². The molecule has 8 nitrogen and oxygen atoms in total. The Morgan fingerprint density at radius 1 is 1.07 bits per heavy atom. The average Bonchev–Trinajstić information content (AvgIpc) is 3.18. The van der Waals surface area contributed by atoms with Crippen molar-refractivity contribution in [1.29, 1.82) is 0 Å². The minimum absolute atomic E-state index is 0.0144. The highest BCUT2D eigenvalue weighted by Crippen LogP contribution is 2.31. The zero-order valence-corrected chi connectivity index (χ0v) is 16.8. The monoisotopic (exact) mass is 395 g/mol. The van der Waals surface area contributed by atoms with E-state index in [0.717, 1.165) is 11.1 Å². The predicted molar refractivity (Wildman–Crippen MR) is 109 cm³/mol. The van der Waals surface area contributed by atoms with Crippen LogP contribution in [0.3, 0.4) is 0 Å². The highest BCUT2D eigenvalue weighted by atomic mass is 16.5. The van der Waals surface area contributed by atoms with Gasteiger partial charge in [-0.2, -0.15) is 4.80 Å². The molecule has 1 aromatic heterocycles. The smallest absolute Gasteiger partial charge is 0.244 e. The molecule has 3 rings (SSSR count). The van der Waals surface area contributed by atoms with E-state index < -0.39 is 0 Å². The molecular weight excluding hydrogens is 370 g/mol. The SMILES string of the molecule is CCOc1ccc(-c2nnn(CC(=O)N[C@H](C)c3ccccc3)n2)cc1OCC. The number of nitrogens with zero attached hydrogens (tertiary/aromatic N) is 4. The summed E-state index contributed by atoms with van der Waals surface area (Å²) in [4.78, 5) is 13.6. The molecule has 1 heterocycles. The highest BCUT2D eigenvalue weighted by Gasteiger charge is 2.14. The van der Waals surface area contributed by atoms with Crippen LogP contribution in [0.25, 0.3) is 11.4 Å². The third-order valence-electron chi connectivity index (χ3n) is 4.22. The van der Waals surface area contributed by atoms with E-state index in [1.165, 1.54) is 4.80 Å². The van der Waals surface area contributed by atoms with Crippen LogP contribution in [0.15, 0.2) is 48.5 Å². The summed E-state index contributed by atoms with van der Waals surface area (Å²) in [7, 11) is 0. The van der Waals surface area contributed by atoms with E-state index in [2.05, 4.69) is 20.7 Å². The van der Waals surface area contributed by atoms with Gasteiger partial charge in [0.2, 0.25) is 11.7 Å². The third kappa shape index (κ3) is 5.31. The molecule has 0 aliphatic heterocycles. The Kier molecular flexibility index (Phi) is 6.78. The van der Waals surface area contributed by atoms with Crippen LogP contribution in [-0.2, 0) is 11.3 Å². The minimum atomic E-state index is -0.188. The van der Waals surface area contributed by atoms with Crippen LogP contribution in [-0.4, -0.2) is 39.3 Å². The zero-order valence-electron chi connectivity index (χ0n) is 16.8. The number of carbonyl (C=O) groups excluding carboxylic acids is 1. The first kappa shape index (κ1) is 20.3. The fourth-order valence-electron chi connectivity index (χ4n) is 2.86. The Hall–Kier alpha value is -3.42. The maximum atomic E-state index is 12.3. The van der Waals surface area contributed by atoms with Crippen molar-refractivity contribution >= 4 is 5.91 Å². The Labute approximate surface area is 169 Å². The maximum absolute atomic E-state index is 12.3. The summed E-state index contributed by atoms with van der Waals surface area (Å²) in [5.74, 6) is 1.52. The Balaban J connectivity index is 1.67. The number of hydrogen-bond acceptors (Lipinski definition) is 6. The highest BCUT2D eigenvalue weighted by molar-refractivity contribution is 5.76. The lowest BCUT2D eigenvalue weighted by Crippen LogP contribution is -2.30. The van der Waals surface area contributed by atoms with E-state index in [1.807, 2.05) is 69.3 Å². The second-order valence-corrected chi connectivity index (χ2v) is 6.37. The Morgan fingerprint density at radius 2 is 1.79 bits per heavy atom. The number of amides is 1. The van der Waals surface area contributed by atoms with E-state index in [9.17, 15) is 4.79 Å². The number of tetrazole rings is 1.